The van der Waals surface area contributed by atoms with Crippen molar-refractivity contribution >= 4 is 0 Å². The van der Waals surface area contributed by atoms with E-state index in [1.54, 1.807) is 0 Å². The third-order valence-electron chi connectivity index (χ3n) is 4.48. The van der Waals surface area contributed by atoms with Gasteiger partial charge >= 0.3 is 0 Å². The summed E-state index contributed by atoms with van der Waals surface area (Å²) in [4.78, 5) is 4.95. The van der Waals surface area contributed by atoms with E-state index in [0.717, 1.165) is 25.2 Å². The molecule has 114 valence electrons. The highest BCUT2D eigenvalue weighted by molar-refractivity contribution is 5.74. The summed E-state index contributed by atoms with van der Waals surface area (Å²) in [7, 11) is 0. The molecule has 0 unspecified atom stereocenters. The normalized spacial score (nSPS) is 13.6. The van der Waals surface area contributed by atoms with E-state index in [-0.39, 0.29) is 0 Å². The van der Waals surface area contributed by atoms with Crippen LogP contribution in [0.25, 0.3) is 22.4 Å². The van der Waals surface area contributed by atoms with Crippen molar-refractivity contribution in [2.24, 2.45) is 0 Å². The molecule has 0 atom stereocenters. The first-order chi connectivity index (χ1) is 11.3. The largest absolute Gasteiger partial charge is 0.312 e. The number of fused-ring (bicyclic) bond motifs is 1. The molecule has 2 aromatic carbocycles. The summed E-state index contributed by atoms with van der Waals surface area (Å²) in [5, 5.41) is 3.48. The third kappa shape index (κ3) is 2.78. The Bertz CT molecular complexity index is 820. The lowest BCUT2D eigenvalue weighted by molar-refractivity contribution is 0.632. The molecule has 4 rings (SSSR count). The zero-order valence-corrected chi connectivity index (χ0v) is 13.3. The van der Waals surface area contributed by atoms with Crippen LogP contribution in [0.5, 0.6) is 0 Å². The van der Waals surface area contributed by atoms with Crippen LogP contribution in [0.2, 0.25) is 0 Å². The van der Waals surface area contributed by atoms with Crippen LogP contribution < -0.4 is 5.32 Å². The average Bonchev–Trinajstić information content (AvgIpc) is 2.62. The number of nitrogens with one attached hydrogen (secondary N) is 1. The molecule has 0 bridgehead atoms. The molecule has 0 aliphatic carbocycles. The Hall–Kier alpha value is -2.45. The molecular weight excluding hydrogens is 280 g/mol. The van der Waals surface area contributed by atoms with Crippen LogP contribution in [0, 0.1) is 6.92 Å². The van der Waals surface area contributed by atoms with E-state index in [0.29, 0.717) is 0 Å². The quantitative estimate of drug-likeness (QED) is 0.760. The molecule has 0 amide bonds. The Morgan fingerprint density at radius 2 is 1.70 bits per heavy atom. The van der Waals surface area contributed by atoms with Gasteiger partial charge in [-0.25, -0.2) is 0 Å². The van der Waals surface area contributed by atoms with Crippen LogP contribution in [0.3, 0.4) is 0 Å². The van der Waals surface area contributed by atoms with Gasteiger partial charge in [-0.05, 0) is 29.7 Å². The minimum absolute atomic E-state index is 0.903. The van der Waals surface area contributed by atoms with Gasteiger partial charge in [-0.15, -0.1) is 0 Å². The molecule has 23 heavy (non-hydrogen) atoms. The summed E-state index contributed by atoms with van der Waals surface area (Å²) in [6.07, 6.45) is 0.995. The summed E-state index contributed by atoms with van der Waals surface area (Å²) in [5.74, 6) is 0. The molecule has 0 radical (unpaired) electrons. The maximum Gasteiger partial charge on any atom is 0.0711 e. The van der Waals surface area contributed by atoms with Crippen molar-refractivity contribution in [2.45, 2.75) is 19.9 Å². The fraction of sp³-hybridized carbons (Fsp3) is 0.190. The number of nitrogens with zero attached hydrogens (tertiary/aromatic N) is 1. The van der Waals surface area contributed by atoms with Gasteiger partial charge in [0.25, 0.3) is 0 Å². The SMILES string of the molecule is Cc1ccc(-c2cc(-c3ccccc3)nc3c2CNCC3)cc1. The maximum absolute atomic E-state index is 4.95. The van der Waals surface area contributed by atoms with Gasteiger partial charge in [-0.3, -0.25) is 4.98 Å². The predicted molar refractivity (Wildman–Crippen MR) is 95.3 cm³/mol. The van der Waals surface area contributed by atoms with E-state index in [4.69, 9.17) is 4.98 Å². The summed E-state index contributed by atoms with van der Waals surface area (Å²) >= 11 is 0. The van der Waals surface area contributed by atoms with E-state index in [9.17, 15) is 0 Å². The van der Waals surface area contributed by atoms with Crippen LogP contribution in [0.15, 0.2) is 60.7 Å². The second kappa shape index (κ2) is 5.98. The lowest BCUT2D eigenvalue weighted by atomic mass is 9.93. The molecule has 0 saturated heterocycles. The number of hydrogen-bond donors (Lipinski definition) is 1. The van der Waals surface area contributed by atoms with Gasteiger partial charge in [-0.2, -0.15) is 0 Å². The van der Waals surface area contributed by atoms with Crippen molar-refractivity contribution in [3.05, 3.63) is 77.5 Å². The smallest absolute Gasteiger partial charge is 0.0711 e. The first kappa shape index (κ1) is 14.2. The highest BCUT2D eigenvalue weighted by Crippen LogP contribution is 2.31. The van der Waals surface area contributed by atoms with Gasteiger partial charge in [0.15, 0.2) is 0 Å². The average molecular weight is 300 g/mol. The number of aromatic nitrogens is 1. The first-order valence-corrected chi connectivity index (χ1v) is 8.17. The van der Waals surface area contributed by atoms with Gasteiger partial charge in [0, 0.05) is 30.8 Å². The van der Waals surface area contributed by atoms with E-state index in [1.165, 1.54) is 33.5 Å². The van der Waals surface area contributed by atoms with Crippen LogP contribution in [0.4, 0.5) is 0 Å². The molecule has 0 spiro atoms. The van der Waals surface area contributed by atoms with Crippen molar-refractivity contribution in [2.75, 3.05) is 6.54 Å². The molecule has 2 heterocycles. The van der Waals surface area contributed by atoms with Gasteiger partial charge in [0.2, 0.25) is 0 Å². The van der Waals surface area contributed by atoms with Gasteiger partial charge in [0.1, 0.15) is 0 Å². The van der Waals surface area contributed by atoms with E-state index >= 15 is 0 Å². The lowest BCUT2D eigenvalue weighted by Gasteiger charge is -2.21. The molecule has 1 aliphatic rings. The van der Waals surface area contributed by atoms with E-state index in [2.05, 4.69) is 66.8 Å². The predicted octanol–water partition coefficient (Wildman–Crippen LogP) is 4.37. The van der Waals surface area contributed by atoms with Crippen molar-refractivity contribution in [1.82, 2.24) is 10.3 Å². The van der Waals surface area contributed by atoms with E-state index < -0.39 is 0 Å². The number of hydrogen-bond acceptors (Lipinski definition) is 2. The minimum atomic E-state index is 0.903. The standard InChI is InChI=1S/C21H20N2/c1-15-7-9-16(10-8-15)18-13-21(17-5-3-2-4-6-17)23-20-11-12-22-14-19(18)20/h2-10,13,22H,11-12,14H2,1H3. The Labute approximate surface area is 137 Å². The van der Waals surface area contributed by atoms with E-state index in [1.807, 2.05) is 6.07 Å². The topological polar surface area (TPSA) is 24.9 Å². The Balaban J connectivity index is 1.91. The number of rotatable bonds is 2. The van der Waals surface area contributed by atoms with Crippen molar-refractivity contribution in [3.63, 3.8) is 0 Å². The maximum atomic E-state index is 4.95. The molecule has 0 fully saturated rings. The van der Waals surface area contributed by atoms with Crippen molar-refractivity contribution in [3.8, 4) is 22.4 Å². The zero-order valence-electron chi connectivity index (χ0n) is 13.3. The fourth-order valence-electron chi connectivity index (χ4n) is 3.20. The Morgan fingerprint density at radius 3 is 2.48 bits per heavy atom. The van der Waals surface area contributed by atoms with Gasteiger partial charge in [0.05, 0.1) is 5.69 Å². The molecule has 1 aliphatic heterocycles. The zero-order chi connectivity index (χ0) is 15.6. The minimum Gasteiger partial charge on any atom is -0.312 e. The Morgan fingerprint density at radius 1 is 0.913 bits per heavy atom. The summed E-state index contributed by atoms with van der Waals surface area (Å²) in [6, 6.07) is 21.5. The summed E-state index contributed by atoms with van der Waals surface area (Å²) in [5.41, 5.74) is 8.71. The molecule has 0 saturated carbocycles. The van der Waals surface area contributed by atoms with Gasteiger partial charge < -0.3 is 5.32 Å². The van der Waals surface area contributed by atoms with Gasteiger partial charge in [-0.1, -0.05) is 60.2 Å². The summed E-state index contributed by atoms with van der Waals surface area (Å²) in [6.45, 7) is 4.04. The highest BCUT2D eigenvalue weighted by atomic mass is 14.9. The third-order valence-corrected chi connectivity index (χ3v) is 4.48. The lowest BCUT2D eigenvalue weighted by Crippen LogP contribution is -2.25. The molecule has 2 nitrogen and oxygen atoms in total. The van der Waals surface area contributed by atoms with Crippen LogP contribution in [-0.4, -0.2) is 11.5 Å². The second-order valence-electron chi connectivity index (χ2n) is 6.14. The van der Waals surface area contributed by atoms with Crippen LogP contribution in [-0.2, 0) is 13.0 Å². The summed E-state index contributed by atoms with van der Waals surface area (Å²) < 4.78 is 0. The molecule has 1 aromatic heterocycles. The molecule has 1 N–H and O–H groups in total. The number of pyridine rings is 1. The molecular formula is C21H20N2. The Kier molecular flexibility index (Phi) is 3.68. The highest BCUT2D eigenvalue weighted by Gasteiger charge is 2.17. The van der Waals surface area contributed by atoms with Crippen LogP contribution >= 0.6 is 0 Å². The second-order valence-corrected chi connectivity index (χ2v) is 6.14. The number of aryl methyl sites for hydroxylation is 1. The van der Waals surface area contributed by atoms with Crippen molar-refractivity contribution in [1.29, 1.82) is 0 Å². The van der Waals surface area contributed by atoms with Crippen molar-refractivity contribution < 1.29 is 0 Å². The molecule has 2 heteroatoms. The molecule has 3 aromatic rings. The monoisotopic (exact) mass is 300 g/mol. The number of benzene rings is 2. The fourth-order valence-corrected chi connectivity index (χ4v) is 3.20. The first-order valence-electron chi connectivity index (χ1n) is 8.17. The van der Waals surface area contributed by atoms with Crippen LogP contribution in [0.1, 0.15) is 16.8 Å².